The van der Waals surface area contributed by atoms with Crippen molar-refractivity contribution in [1.82, 2.24) is 15.0 Å². The minimum Gasteiger partial charge on any atom is -0.506 e. The number of fused-ring (bicyclic) bond motifs is 3. The number of phenols is 2. The number of aromatic nitrogens is 3. The van der Waals surface area contributed by atoms with Crippen molar-refractivity contribution in [1.29, 1.82) is 0 Å². The maximum atomic E-state index is 11.6. The Bertz CT molecular complexity index is 3220. The van der Waals surface area contributed by atoms with Crippen LogP contribution in [0.3, 0.4) is 0 Å². The Morgan fingerprint density at radius 1 is 0.442 bits per heavy atom. The standard InChI is InChI=1S/2C12H11NO2.C11H9NO3.2C11H13NO2.Al.3ClH/c2*1-8(14)12(4-5-12)9-2-3-11-10(6-9)13-7-15-11;13-10(14)11(3-4-11)7-1-2-9-8(5-7)12-6-15-9;2*1-7(13)11(4-5-11)8-2-3-10(14)9(12)6-8;;;;/h2*2-3,6-7H,4-5H2,1H3;1-2,5-6H,3-4H2,(H,13,14);2*2-3,6,14H,4-5,12H2,1H3;;3*1H/q;;;;;+3;;;/p-3. The Kier molecular flexibility index (Phi) is 16.4. The molecule has 400 valence electrons. The summed E-state index contributed by atoms with van der Waals surface area (Å²) < 4.78 is 15.4. The summed E-state index contributed by atoms with van der Waals surface area (Å²) in [6.45, 7) is 6.55. The van der Waals surface area contributed by atoms with Gasteiger partial charge in [0.05, 0.1) is 38.4 Å². The fraction of sp³-hybridized carbons (Fsp3) is 0.333. The summed E-state index contributed by atoms with van der Waals surface area (Å²) in [5.74, 6) is 0.285. The fourth-order valence-corrected chi connectivity index (χ4v) is 9.80. The number of ketones is 4. The number of hydrogen-bond acceptors (Lipinski definition) is 15. The third-order valence-electron chi connectivity index (χ3n) is 15.7. The van der Waals surface area contributed by atoms with E-state index in [1.54, 1.807) is 76.2 Å². The van der Waals surface area contributed by atoms with Crippen LogP contribution in [0, 0.1) is 0 Å². The highest BCUT2D eigenvalue weighted by Crippen LogP contribution is 2.53. The number of carboxylic acids is 1. The maximum Gasteiger partial charge on any atom is 0.643 e. The summed E-state index contributed by atoms with van der Waals surface area (Å²) in [5.41, 5.74) is 19.6. The van der Waals surface area contributed by atoms with Crippen LogP contribution in [0.2, 0.25) is 0 Å². The normalized spacial score (nSPS) is 17.3. The van der Waals surface area contributed by atoms with E-state index in [2.05, 4.69) is 15.0 Å². The van der Waals surface area contributed by atoms with E-state index in [0.29, 0.717) is 29.8 Å². The molecule has 0 amide bonds. The minimum absolute atomic E-state index is 0.0769. The third kappa shape index (κ3) is 12.0. The zero-order valence-corrected chi connectivity index (χ0v) is 46.2. The van der Waals surface area contributed by atoms with Crippen LogP contribution in [0.4, 0.5) is 11.4 Å². The lowest BCUT2D eigenvalue weighted by Gasteiger charge is -2.12. The Balaban J connectivity index is 0.000000125. The van der Waals surface area contributed by atoms with Crippen LogP contribution in [-0.2, 0) is 51.0 Å². The molecule has 0 unspecified atom stereocenters. The van der Waals surface area contributed by atoms with Gasteiger partial charge in [-0.05, 0) is 180 Å². The van der Waals surface area contributed by atoms with Crippen molar-refractivity contribution in [2.75, 3.05) is 11.5 Å². The van der Waals surface area contributed by atoms with Gasteiger partial charge in [0, 0.05) is 0 Å². The highest BCUT2D eigenvalue weighted by Gasteiger charge is 2.53. The van der Waals surface area contributed by atoms with E-state index in [4.69, 9.17) is 60.0 Å². The molecule has 5 fully saturated rings. The number of aliphatic carboxylic acids is 1. The summed E-state index contributed by atoms with van der Waals surface area (Å²) in [5, 5.41) is 27.7. The predicted molar refractivity (Wildman–Crippen MR) is 295 cm³/mol. The van der Waals surface area contributed by atoms with Crippen LogP contribution in [0.1, 0.15) is 120 Å². The van der Waals surface area contributed by atoms with Gasteiger partial charge in [0.25, 0.3) is 0 Å². The molecule has 77 heavy (non-hydrogen) atoms. The molecule has 13 rings (SSSR count). The minimum atomic E-state index is -1.72. The van der Waals surface area contributed by atoms with Gasteiger partial charge in [-0.15, -0.1) is 0 Å². The van der Waals surface area contributed by atoms with Gasteiger partial charge < -0.3 is 40.0 Å². The summed E-state index contributed by atoms with van der Waals surface area (Å²) in [7, 11) is 14.8. The Hall–Kier alpha value is -6.74. The van der Waals surface area contributed by atoms with Gasteiger partial charge in [-0.3, -0.25) is 24.0 Å². The number of carboxylic acid groups (broad SMARTS) is 1. The van der Waals surface area contributed by atoms with E-state index in [0.717, 1.165) is 107 Å². The smallest absolute Gasteiger partial charge is 0.506 e. The number of benzene rings is 5. The molecule has 0 spiro atoms. The van der Waals surface area contributed by atoms with Crippen LogP contribution in [0.5, 0.6) is 11.5 Å². The van der Waals surface area contributed by atoms with Crippen LogP contribution < -0.4 is 11.5 Å². The average Bonchev–Trinajstić information content (AvgIpc) is 4.20. The van der Waals surface area contributed by atoms with Gasteiger partial charge in [-0.25, -0.2) is 45.1 Å². The number of Topliss-reactive ketones (excluding diaryl/α,β-unsaturated/α-hetero) is 4. The predicted octanol–water partition coefficient (Wildman–Crippen LogP) is 11.7. The molecule has 16 nitrogen and oxygen atoms in total. The van der Waals surface area contributed by atoms with Gasteiger partial charge >= 0.3 is 17.4 Å². The summed E-state index contributed by atoms with van der Waals surface area (Å²) in [6, 6.07) is 27.1. The molecule has 3 heterocycles. The first-order valence-electron chi connectivity index (χ1n) is 24.9. The van der Waals surface area contributed by atoms with Crippen LogP contribution >= 0.6 is 30.1 Å². The molecular formula is C57H57AlCl3N5O11. The molecule has 20 heteroatoms. The van der Waals surface area contributed by atoms with Crippen LogP contribution in [0.15, 0.2) is 123 Å². The first-order valence-corrected chi connectivity index (χ1v) is 30.2. The number of nitrogens with two attached hydrogens (primary N) is 2. The first-order chi connectivity index (χ1) is 36.5. The second-order valence-corrected chi connectivity index (χ2v) is 26.8. The number of halogens is 3. The SMILES string of the molecule is CC(=O)C1(c2ccc(O)c(N)c2)CC1.CC(=O)C1(c2ccc(O)c(N)c2)CC1.CC(=O)C1(c2ccc3ocnc3c2)CC1.CC(=O)C1(c2ccc3ocnc3c2)CC1.O=C(O)C1(c2ccc3ocnc3c2)CC1.[Cl][Al]([Cl])[Cl]. The van der Waals surface area contributed by atoms with Crippen molar-refractivity contribution in [2.45, 2.75) is 119 Å². The van der Waals surface area contributed by atoms with Gasteiger partial charge in [0.15, 0.2) is 35.9 Å². The van der Waals surface area contributed by atoms with Gasteiger partial charge in [-0.2, -0.15) is 0 Å². The molecule has 0 atom stereocenters. The van der Waals surface area contributed by atoms with E-state index in [-0.39, 0.29) is 56.3 Å². The molecule has 8 aromatic rings. The first kappa shape index (κ1) is 56.5. The molecule has 0 bridgehead atoms. The maximum absolute atomic E-state index is 11.6. The van der Waals surface area contributed by atoms with Gasteiger partial charge in [0.1, 0.15) is 51.2 Å². The number of nitrogens with zero attached hydrogens (tertiary/aromatic N) is 3. The van der Waals surface area contributed by atoms with E-state index in [9.17, 15) is 34.2 Å². The molecule has 7 N–H and O–H groups in total. The third-order valence-corrected chi connectivity index (χ3v) is 15.7. The van der Waals surface area contributed by atoms with Crippen molar-refractivity contribution in [3.63, 3.8) is 0 Å². The molecule has 5 saturated carbocycles. The number of anilines is 2. The monoisotopic (exact) mass is 1120 g/mol. The van der Waals surface area contributed by atoms with Crippen LogP contribution in [-0.4, -0.2) is 70.8 Å². The highest BCUT2D eigenvalue weighted by molar-refractivity contribution is 7.54. The highest BCUT2D eigenvalue weighted by atomic mass is 35.8. The number of oxazole rings is 3. The molecule has 5 aromatic carbocycles. The number of rotatable bonds is 10. The van der Waals surface area contributed by atoms with E-state index < -0.39 is 22.8 Å². The molecule has 0 saturated heterocycles. The average molecular weight is 1120 g/mol. The van der Waals surface area contributed by atoms with Gasteiger partial charge in [0.2, 0.25) is 0 Å². The molecule has 0 radical (unpaired) electrons. The molecule has 0 aliphatic heterocycles. The summed E-state index contributed by atoms with van der Waals surface area (Å²) in [4.78, 5) is 69.3. The number of phenolic OH excluding ortho intramolecular Hbond substituents is 2. The zero-order valence-electron chi connectivity index (χ0n) is 42.8. The Morgan fingerprint density at radius 2 is 0.675 bits per heavy atom. The number of aromatic hydroxyl groups is 2. The number of carbonyl (C=O) groups excluding carboxylic acids is 4. The molecule has 5 aliphatic carbocycles. The lowest BCUT2D eigenvalue weighted by Crippen LogP contribution is -2.19. The van der Waals surface area contributed by atoms with Crippen molar-refractivity contribution >= 4 is 115 Å². The largest absolute Gasteiger partial charge is 0.643 e. The molecular weight excluding hydrogens is 1060 g/mol. The van der Waals surface area contributed by atoms with Crippen molar-refractivity contribution in [2.24, 2.45) is 0 Å². The van der Waals surface area contributed by atoms with E-state index >= 15 is 0 Å². The number of carbonyl (C=O) groups is 5. The second-order valence-electron chi connectivity index (χ2n) is 20.3. The zero-order chi connectivity index (χ0) is 55.7. The summed E-state index contributed by atoms with van der Waals surface area (Å²) >= 11 is -1.72. The second kappa shape index (κ2) is 22.3. The number of hydrogen-bond donors (Lipinski definition) is 5. The van der Waals surface area contributed by atoms with Crippen LogP contribution in [0.25, 0.3) is 33.3 Å². The van der Waals surface area contributed by atoms with Gasteiger partial charge in [-0.1, -0.05) is 30.3 Å². The number of nitrogen functional groups attached to an aromatic ring is 2. The van der Waals surface area contributed by atoms with E-state index in [1.165, 1.54) is 19.2 Å². The lowest BCUT2D eigenvalue weighted by molar-refractivity contribution is -0.140. The molecule has 3 aromatic heterocycles. The summed E-state index contributed by atoms with van der Waals surface area (Å²) in [6.07, 6.45) is 13.1. The van der Waals surface area contributed by atoms with Crippen molar-refractivity contribution in [3.05, 3.63) is 138 Å². The lowest BCUT2D eigenvalue weighted by atomic mass is 9.92. The Labute approximate surface area is 460 Å². The topological polar surface area (TPSA) is 276 Å². The fourth-order valence-electron chi connectivity index (χ4n) is 9.80. The Morgan fingerprint density at radius 3 is 0.896 bits per heavy atom. The van der Waals surface area contributed by atoms with Crippen molar-refractivity contribution in [3.8, 4) is 11.5 Å². The quantitative estimate of drug-likeness (QED) is 0.0483. The van der Waals surface area contributed by atoms with Crippen molar-refractivity contribution < 1.29 is 52.5 Å². The van der Waals surface area contributed by atoms with E-state index in [1.807, 2.05) is 42.5 Å². The molecule has 5 aliphatic rings.